The second-order valence-electron chi connectivity index (χ2n) is 8.04. The van der Waals surface area contributed by atoms with Gasteiger partial charge in [-0.1, -0.05) is 18.2 Å². The standard InChI is InChI=1S/C25H39N4O7P/c1-4-31-19-22-28-23-24(20-9-7-8-10-21(20)27-25(23)26)29(22)11-12-32-13-14-33-15-16-34-17-18-37(30,35-5-2)36-6-3/h7-10H,4-6,11-19H2,1-3H3,(H2,26,27). The number of para-hydroxylation sites is 1. The van der Waals surface area contributed by atoms with E-state index in [2.05, 4.69) is 9.55 Å². The summed E-state index contributed by atoms with van der Waals surface area (Å²) in [6, 6.07) is 7.89. The number of hydrogen-bond donors (Lipinski definition) is 1. The van der Waals surface area contributed by atoms with E-state index >= 15 is 0 Å². The van der Waals surface area contributed by atoms with Gasteiger partial charge in [-0.2, -0.15) is 0 Å². The third kappa shape index (κ3) is 8.44. The molecule has 0 spiro atoms. The van der Waals surface area contributed by atoms with Crippen LogP contribution < -0.4 is 5.73 Å². The molecule has 0 unspecified atom stereocenters. The van der Waals surface area contributed by atoms with E-state index in [-0.39, 0.29) is 12.8 Å². The van der Waals surface area contributed by atoms with Crippen LogP contribution in [0.3, 0.4) is 0 Å². The normalized spacial score (nSPS) is 12.2. The summed E-state index contributed by atoms with van der Waals surface area (Å²) in [6.45, 7) is 10.2. The van der Waals surface area contributed by atoms with Gasteiger partial charge in [-0.05, 0) is 26.8 Å². The van der Waals surface area contributed by atoms with E-state index in [9.17, 15) is 4.57 Å². The number of hydrogen-bond acceptors (Lipinski definition) is 10. The quantitative estimate of drug-likeness (QED) is 0.176. The summed E-state index contributed by atoms with van der Waals surface area (Å²) >= 11 is 0. The Morgan fingerprint density at radius 1 is 0.838 bits per heavy atom. The van der Waals surface area contributed by atoms with Crippen LogP contribution in [0.25, 0.3) is 21.9 Å². The van der Waals surface area contributed by atoms with Crippen molar-refractivity contribution in [3.05, 3.63) is 30.1 Å². The van der Waals surface area contributed by atoms with Crippen LogP contribution in [0.15, 0.2) is 24.3 Å². The van der Waals surface area contributed by atoms with Gasteiger partial charge in [0.2, 0.25) is 0 Å². The minimum absolute atomic E-state index is 0.225. The topological polar surface area (TPSA) is 129 Å². The van der Waals surface area contributed by atoms with Crippen molar-refractivity contribution in [2.75, 3.05) is 71.4 Å². The highest BCUT2D eigenvalue weighted by molar-refractivity contribution is 7.53. The Morgan fingerprint density at radius 3 is 2.16 bits per heavy atom. The van der Waals surface area contributed by atoms with Gasteiger partial charge in [-0.15, -0.1) is 0 Å². The van der Waals surface area contributed by atoms with E-state index in [1.165, 1.54) is 0 Å². The number of imidazole rings is 1. The fourth-order valence-corrected chi connectivity index (χ4v) is 5.36. The average Bonchev–Trinajstić information content (AvgIpc) is 3.25. The molecular formula is C25H39N4O7P. The lowest BCUT2D eigenvalue weighted by Gasteiger charge is -2.16. The van der Waals surface area contributed by atoms with E-state index in [1.54, 1.807) is 13.8 Å². The van der Waals surface area contributed by atoms with E-state index in [0.29, 0.717) is 77.3 Å². The molecule has 0 radical (unpaired) electrons. The number of fused-ring (bicyclic) bond motifs is 3. The van der Waals surface area contributed by atoms with Gasteiger partial charge in [-0.3, -0.25) is 4.57 Å². The molecule has 0 atom stereocenters. The molecule has 3 aromatic rings. The lowest BCUT2D eigenvalue weighted by molar-refractivity contribution is 0.0150. The van der Waals surface area contributed by atoms with Crippen LogP contribution in [0.2, 0.25) is 0 Å². The molecule has 37 heavy (non-hydrogen) atoms. The summed E-state index contributed by atoms with van der Waals surface area (Å²) < 4.78 is 47.5. The van der Waals surface area contributed by atoms with Gasteiger partial charge >= 0.3 is 7.60 Å². The third-order valence-electron chi connectivity index (χ3n) is 5.49. The first-order chi connectivity index (χ1) is 18.0. The van der Waals surface area contributed by atoms with Crippen molar-refractivity contribution in [1.82, 2.24) is 14.5 Å². The van der Waals surface area contributed by atoms with Crippen LogP contribution in [0.5, 0.6) is 0 Å². The molecular weight excluding hydrogens is 499 g/mol. The SMILES string of the molecule is CCOCc1nc2c(N)nc3ccccc3c2n1CCOCCOCCOCCP(=O)(OCC)OCC. The Kier molecular flexibility index (Phi) is 12.2. The van der Waals surface area contributed by atoms with Gasteiger partial charge in [-0.25, -0.2) is 9.97 Å². The molecule has 2 N–H and O–H groups in total. The maximum atomic E-state index is 12.4. The second kappa shape index (κ2) is 15.3. The third-order valence-corrected chi connectivity index (χ3v) is 7.52. The van der Waals surface area contributed by atoms with Crippen molar-refractivity contribution in [3.63, 3.8) is 0 Å². The number of nitrogen functional groups attached to an aromatic ring is 1. The van der Waals surface area contributed by atoms with Crippen molar-refractivity contribution >= 4 is 35.3 Å². The van der Waals surface area contributed by atoms with E-state index in [1.807, 2.05) is 31.2 Å². The molecule has 0 aliphatic carbocycles. The molecule has 0 aliphatic heterocycles. The van der Waals surface area contributed by atoms with Crippen molar-refractivity contribution in [3.8, 4) is 0 Å². The molecule has 2 aromatic heterocycles. The number of pyridine rings is 1. The second-order valence-corrected chi connectivity index (χ2v) is 10.2. The molecule has 2 heterocycles. The number of rotatable bonds is 19. The smallest absolute Gasteiger partial charge is 0.332 e. The molecule has 0 amide bonds. The lowest BCUT2D eigenvalue weighted by Crippen LogP contribution is -2.14. The van der Waals surface area contributed by atoms with Gasteiger partial charge in [0.1, 0.15) is 17.9 Å². The number of benzene rings is 1. The van der Waals surface area contributed by atoms with Crippen molar-refractivity contribution in [2.24, 2.45) is 0 Å². The van der Waals surface area contributed by atoms with Gasteiger partial charge in [0, 0.05) is 18.5 Å². The van der Waals surface area contributed by atoms with Gasteiger partial charge < -0.3 is 38.3 Å². The molecule has 1 aromatic carbocycles. The van der Waals surface area contributed by atoms with Gasteiger partial charge in [0.25, 0.3) is 0 Å². The van der Waals surface area contributed by atoms with E-state index < -0.39 is 7.60 Å². The first kappa shape index (κ1) is 29.4. The summed E-state index contributed by atoms with van der Waals surface area (Å²) in [5.74, 6) is 1.19. The Balaban J connectivity index is 1.43. The molecule has 0 bridgehead atoms. The maximum absolute atomic E-state index is 12.4. The minimum atomic E-state index is -3.07. The van der Waals surface area contributed by atoms with Crippen LogP contribution in [0.4, 0.5) is 5.82 Å². The molecule has 0 fully saturated rings. The number of nitrogens with zero attached hydrogens (tertiary/aromatic N) is 3. The molecule has 3 rings (SSSR count). The zero-order valence-corrected chi connectivity index (χ0v) is 22.9. The van der Waals surface area contributed by atoms with Crippen LogP contribution in [-0.4, -0.2) is 80.2 Å². The minimum Gasteiger partial charge on any atom is -0.382 e. The Bertz CT molecular complexity index is 1150. The first-order valence-electron chi connectivity index (χ1n) is 12.7. The van der Waals surface area contributed by atoms with Crippen molar-refractivity contribution in [1.29, 1.82) is 0 Å². The van der Waals surface area contributed by atoms with Crippen molar-refractivity contribution in [2.45, 2.75) is 33.9 Å². The highest BCUT2D eigenvalue weighted by atomic mass is 31.2. The lowest BCUT2D eigenvalue weighted by atomic mass is 10.2. The zero-order chi connectivity index (χ0) is 26.5. The highest BCUT2D eigenvalue weighted by Crippen LogP contribution is 2.47. The molecule has 0 aliphatic rings. The summed E-state index contributed by atoms with van der Waals surface area (Å²) in [7, 11) is -3.07. The summed E-state index contributed by atoms with van der Waals surface area (Å²) in [4.78, 5) is 9.22. The fourth-order valence-electron chi connectivity index (χ4n) is 3.88. The van der Waals surface area contributed by atoms with Gasteiger partial charge in [0.05, 0.1) is 70.1 Å². The van der Waals surface area contributed by atoms with E-state index in [4.69, 9.17) is 38.7 Å². The molecule has 206 valence electrons. The van der Waals surface area contributed by atoms with Crippen LogP contribution in [0.1, 0.15) is 26.6 Å². The van der Waals surface area contributed by atoms with Gasteiger partial charge in [0.15, 0.2) is 5.82 Å². The van der Waals surface area contributed by atoms with Crippen LogP contribution in [0, 0.1) is 0 Å². The Hall–Kier alpha value is -2.11. The largest absolute Gasteiger partial charge is 0.382 e. The Labute approximate surface area is 218 Å². The number of ether oxygens (including phenoxy) is 4. The number of aromatic nitrogens is 3. The number of nitrogens with two attached hydrogens (primary N) is 1. The fraction of sp³-hybridized carbons (Fsp3) is 0.600. The molecule has 0 saturated carbocycles. The Morgan fingerprint density at radius 2 is 1.49 bits per heavy atom. The van der Waals surface area contributed by atoms with E-state index in [0.717, 1.165) is 22.2 Å². The summed E-state index contributed by atoms with van der Waals surface area (Å²) in [5, 5.41) is 0.990. The molecule has 11 nitrogen and oxygen atoms in total. The first-order valence-corrected chi connectivity index (χ1v) is 14.5. The predicted molar refractivity (Wildman–Crippen MR) is 143 cm³/mol. The molecule has 0 saturated heterocycles. The average molecular weight is 539 g/mol. The van der Waals surface area contributed by atoms with Crippen molar-refractivity contribution < 1.29 is 32.6 Å². The zero-order valence-electron chi connectivity index (χ0n) is 22.0. The monoisotopic (exact) mass is 538 g/mol. The summed E-state index contributed by atoms with van der Waals surface area (Å²) in [6.07, 6.45) is 0.225. The summed E-state index contributed by atoms with van der Waals surface area (Å²) in [5.41, 5.74) is 8.66. The van der Waals surface area contributed by atoms with Crippen LogP contribution >= 0.6 is 7.60 Å². The number of anilines is 1. The predicted octanol–water partition coefficient (Wildman–Crippen LogP) is 4.02. The highest BCUT2D eigenvalue weighted by Gasteiger charge is 2.22. The molecule has 12 heteroatoms. The van der Waals surface area contributed by atoms with Crippen LogP contribution in [-0.2, 0) is 45.7 Å². The maximum Gasteiger partial charge on any atom is 0.332 e.